The van der Waals surface area contributed by atoms with Crippen LogP contribution in [0.15, 0.2) is 40.9 Å². The van der Waals surface area contributed by atoms with Gasteiger partial charge in [0.25, 0.3) is 5.17 Å². The minimum atomic E-state index is 0.325. The number of aryl methyl sites for hydroxylation is 2. The summed E-state index contributed by atoms with van der Waals surface area (Å²) in [6.07, 6.45) is 0. The molecule has 0 aliphatic carbocycles. The fourth-order valence-electron chi connectivity index (χ4n) is 2.04. The van der Waals surface area contributed by atoms with Crippen molar-refractivity contribution < 1.29 is 9.47 Å². The first-order valence-corrected chi connectivity index (χ1v) is 8.08. The van der Waals surface area contributed by atoms with Crippen molar-refractivity contribution in [1.82, 2.24) is 5.32 Å². The fourth-order valence-corrected chi connectivity index (χ4v) is 2.59. The van der Waals surface area contributed by atoms with E-state index in [1.165, 1.54) is 5.56 Å². The highest BCUT2D eigenvalue weighted by atomic mass is 79.9. The van der Waals surface area contributed by atoms with Crippen LogP contribution in [0.4, 0.5) is 0 Å². The van der Waals surface area contributed by atoms with Crippen molar-refractivity contribution in [2.45, 2.75) is 20.5 Å². The Morgan fingerprint density at radius 2 is 1.95 bits per heavy atom. The molecule has 0 radical (unpaired) electrons. The highest BCUT2D eigenvalue weighted by Gasteiger charge is 2.11. The van der Waals surface area contributed by atoms with Crippen LogP contribution >= 0.6 is 28.1 Å². The van der Waals surface area contributed by atoms with Gasteiger partial charge in [-0.1, -0.05) is 39.7 Å². The molecule has 0 heterocycles. The third-order valence-corrected chi connectivity index (χ3v) is 4.22. The van der Waals surface area contributed by atoms with Gasteiger partial charge < -0.3 is 14.8 Å². The summed E-state index contributed by atoms with van der Waals surface area (Å²) in [7, 11) is 1.73. The Hall–Kier alpha value is -1.59. The largest absolute Gasteiger partial charge is 0.488 e. The molecule has 2 aromatic rings. The molecule has 0 aliphatic heterocycles. The Morgan fingerprint density at radius 3 is 2.64 bits per heavy atom. The average Bonchev–Trinajstić information content (AvgIpc) is 2.48. The Bertz CT molecular complexity index is 688. The second-order valence-corrected chi connectivity index (χ2v) is 6.14. The molecule has 0 amide bonds. The minimum Gasteiger partial charge on any atom is -0.488 e. The molecular weight excluding hydrogens is 362 g/mol. The summed E-state index contributed by atoms with van der Waals surface area (Å²) in [6, 6.07) is 11.8. The van der Waals surface area contributed by atoms with Crippen molar-refractivity contribution in [3.63, 3.8) is 0 Å². The first kappa shape index (κ1) is 16.8. The molecule has 0 spiro atoms. The van der Waals surface area contributed by atoms with Crippen LogP contribution in [0.5, 0.6) is 11.5 Å². The Morgan fingerprint density at radius 1 is 1.18 bits per heavy atom. The molecule has 22 heavy (non-hydrogen) atoms. The van der Waals surface area contributed by atoms with Crippen molar-refractivity contribution in [2.24, 2.45) is 0 Å². The molecule has 1 N–H and O–H groups in total. The lowest BCUT2D eigenvalue weighted by atomic mass is 10.1. The molecule has 0 saturated carbocycles. The molecule has 0 bridgehead atoms. The summed E-state index contributed by atoms with van der Waals surface area (Å²) in [6.45, 7) is 4.50. The average molecular weight is 380 g/mol. The van der Waals surface area contributed by atoms with Gasteiger partial charge in [0.2, 0.25) is 0 Å². The maximum atomic E-state index is 5.94. The standard InChI is InChI=1S/C17H18BrNO2S/c1-11-7-8-15(12(2)9-11)20-10-13-14(18)5-4-6-16(13)21-17(22)19-3/h4-9H,10H2,1-3H3,(H,19,22). The van der Waals surface area contributed by atoms with Crippen molar-refractivity contribution in [3.05, 3.63) is 57.6 Å². The molecule has 5 heteroatoms. The van der Waals surface area contributed by atoms with Crippen LogP contribution in [-0.4, -0.2) is 12.2 Å². The summed E-state index contributed by atoms with van der Waals surface area (Å²) in [5.41, 5.74) is 3.24. The summed E-state index contributed by atoms with van der Waals surface area (Å²) in [4.78, 5) is 0. The van der Waals surface area contributed by atoms with E-state index in [0.717, 1.165) is 21.3 Å². The van der Waals surface area contributed by atoms with E-state index in [9.17, 15) is 0 Å². The second kappa shape index (κ2) is 7.61. The lowest BCUT2D eigenvalue weighted by Crippen LogP contribution is -2.22. The quantitative estimate of drug-likeness (QED) is 0.790. The predicted octanol–water partition coefficient (Wildman–Crippen LogP) is 4.53. The summed E-state index contributed by atoms with van der Waals surface area (Å²) < 4.78 is 12.5. The number of rotatable bonds is 4. The summed E-state index contributed by atoms with van der Waals surface area (Å²) in [5.74, 6) is 1.54. The van der Waals surface area contributed by atoms with Gasteiger partial charge in [0.05, 0.1) is 0 Å². The third-order valence-electron chi connectivity index (χ3n) is 3.19. The maximum absolute atomic E-state index is 5.94. The number of halogens is 1. The number of ether oxygens (including phenoxy) is 2. The topological polar surface area (TPSA) is 30.5 Å². The third kappa shape index (κ3) is 4.21. The molecule has 3 nitrogen and oxygen atoms in total. The van der Waals surface area contributed by atoms with Crippen molar-refractivity contribution in [1.29, 1.82) is 0 Å². The minimum absolute atomic E-state index is 0.325. The molecule has 0 fully saturated rings. The Kier molecular flexibility index (Phi) is 5.80. The van der Waals surface area contributed by atoms with Gasteiger partial charge in [-0.3, -0.25) is 0 Å². The first-order chi connectivity index (χ1) is 10.5. The van der Waals surface area contributed by atoms with Gasteiger partial charge in [-0.05, 0) is 49.8 Å². The fraction of sp³-hybridized carbons (Fsp3) is 0.235. The Balaban J connectivity index is 2.19. The van der Waals surface area contributed by atoms with Crippen molar-refractivity contribution in [3.8, 4) is 11.5 Å². The SMILES string of the molecule is CNC(=S)Oc1cccc(Br)c1COc1ccc(C)cc1C. The van der Waals surface area contributed by atoms with Gasteiger partial charge in [0, 0.05) is 17.1 Å². The zero-order valence-corrected chi connectivity index (χ0v) is 15.2. The van der Waals surface area contributed by atoms with Gasteiger partial charge >= 0.3 is 0 Å². The molecule has 0 saturated heterocycles. The van der Waals surface area contributed by atoms with Crippen molar-refractivity contribution in [2.75, 3.05) is 7.05 Å². The van der Waals surface area contributed by atoms with Crippen LogP contribution in [0.3, 0.4) is 0 Å². The monoisotopic (exact) mass is 379 g/mol. The normalized spacial score (nSPS) is 10.2. The van der Waals surface area contributed by atoms with Gasteiger partial charge in [0.1, 0.15) is 18.1 Å². The highest BCUT2D eigenvalue weighted by molar-refractivity contribution is 9.10. The first-order valence-electron chi connectivity index (χ1n) is 6.88. The van der Waals surface area contributed by atoms with Crippen LogP contribution in [0, 0.1) is 13.8 Å². The van der Waals surface area contributed by atoms with E-state index in [1.54, 1.807) is 7.05 Å². The van der Waals surface area contributed by atoms with Gasteiger partial charge in [0.15, 0.2) is 0 Å². The Labute approximate surface area is 144 Å². The van der Waals surface area contributed by atoms with E-state index in [0.29, 0.717) is 17.5 Å². The number of hydrogen-bond acceptors (Lipinski definition) is 3. The van der Waals surface area contributed by atoms with E-state index in [-0.39, 0.29) is 0 Å². The molecule has 0 aliphatic rings. The van der Waals surface area contributed by atoms with E-state index < -0.39 is 0 Å². The molecule has 0 aromatic heterocycles. The molecule has 2 rings (SSSR count). The van der Waals surface area contributed by atoms with Gasteiger partial charge in [-0.2, -0.15) is 0 Å². The number of nitrogens with one attached hydrogen (secondary N) is 1. The maximum Gasteiger partial charge on any atom is 0.261 e. The van der Waals surface area contributed by atoms with Crippen LogP contribution in [0.1, 0.15) is 16.7 Å². The molecule has 116 valence electrons. The lowest BCUT2D eigenvalue weighted by Gasteiger charge is -2.15. The second-order valence-electron chi connectivity index (χ2n) is 4.91. The zero-order valence-electron chi connectivity index (χ0n) is 12.8. The van der Waals surface area contributed by atoms with Crippen LogP contribution in [0.25, 0.3) is 0 Å². The van der Waals surface area contributed by atoms with E-state index in [1.807, 2.05) is 37.3 Å². The highest BCUT2D eigenvalue weighted by Crippen LogP contribution is 2.29. The van der Waals surface area contributed by atoms with Crippen molar-refractivity contribution >= 4 is 33.3 Å². The smallest absolute Gasteiger partial charge is 0.261 e. The van der Waals surface area contributed by atoms with Crippen LogP contribution in [-0.2, 0) is 6.61 Å². The van der Waals surface area contributed by atoms with Crippen LogP contribution in [0.2, 0.25) is 0 Å². The van der Waals surface area contributed by atoms with Gasteiger partial charge in [-0.15, -0.1) is 0 Å². The predicted molar refractivity (Wildman–Crippen MR) is 96.7 cm³/mol. The number of benzene rings is 2. The lowest BCUT2D eigenvalue weighted by molar-refractivity contribution is 0.299. The molecule has 0 atom stereocenters. The van der Waals surface area contributed by atoms with Gasteiger partial charge in [-0.25, -0.2) is 0 Å². The number of thiocarbonyl (C=S) groups is 1. The van der Waals surface area contributed by atoms with E-state index in [2.05, 4.69) is 34.2 Å². The zero-order chi connectivity index (χ0) is 16.1. The van der Waals surface area contributed by atoms with Crippen LogP contribution < -0.4 is 14.8 Å². The summed E-state index contributed by atoms with van der Waals surface area (Å²) in [5, 5.41) is 3.13. The van der Waals surface area contributed by atoms with E-state index >= 15 is 0 Å². The molecular formula is C17H18BrNO2S. The number of hydrogen-bond donors (Lipinski definition) is 1. The summed E-state index contributed by atoms with van der Waals surface area (Å²) >= 11 is 8.60. The molecule has 2 aromatic carbocycles. The molecule has 0 unspecified atom stereocenters. The van der Waals surface area contributed by atoms with E-state index in [4.69, 9.17) is 21.7 Å².